The van der Waals surface area contributed by atoms with E-state index in [1.54, 1.807) is 26.5 Å². The van der Waals surface area contributed by atoms with Gasteiger partial charge in [-0.1, -0.05) is 11.6 Å². The predicted molar refractivity (Wildman–Crippen MR) is 82.6 cm³/mol. The molecule has 1 heterocycles. The lowest BCUT2D eigenvalue weighted by Gasteiger charge is -2.24. The Bertz CT molecular complexity index is 638. The van der Waals surface area contributed by atoms with Crippen LogP contribution >= 0.6 is 11.6 Å². The molecule has 5 heteroatoms. The van der Waals surface area contributed by atoms with E-state index in [9.17, 15) is 0 Å². The molecule has 1 unspecified atom stereocenters. The second-order valence-corrected chi connectivity index (χ2v) is 5.48. The highest BCUT2D eigenvalue weighted by atomic mass is 35.5. The van der Waals surface area contributed by atoms with Crippen LogP contribution in [0.3, 0.4) is 0 Å². The van der Waals surface area contributed by atoms with Crippen LogP contribution in [0.4, 0.5) is 5.69 Å². The monoisotopic (exact) mass is 307 g/mol. The summed E-state index contributed by atoms with van der Waals surface area (Å²) in [5, 5.41) is 4.10. The van der Waals surface area contributed by atoms with E-state index in [1.807, 2.05) is 12.1 Å². The van der Waals surface area contributed by atoms with Crippen LogP contribution in [0.2, 0.25) is 5.02 Å². The Kier molecular flexibility index (Phi) is 3.97. The van der Waals surface area contributed by atoms with Gasteiger partial charge >= 0.3 is 0 Å². The molecule has 1 atom stereocenters. The molecule has 3 rings (SSSR count). The number of halogens is 1. The van der Waals surface area contributed by atoms with E-state index in [1.165, 1.54) is 5.56 Å². The number of benzene rings is 1. The lowest BCUT2D eigenvalue weighted by atomic mass is 9.93. The number of furan rings is 1. The molecule has 4 nitrogen and oxygen atoms in total. The third-order valence-electron chi connectivity index (χ3n) is 3.85. The minimum Gasteiger partial charge on any atom is -0.493 e. The van der Waals surface area contributed by atoms with Gasteiger partial charge in [0, 0.05) is 24.1 Å². The predicted octanol–water partition coefficient (Wildman–Crippen LogP) is 4.44. The van der Waals surface area contributed by atoms with E-state index in [2.05, 4.69) is 5.32 Å². The molecule has 1 aliphatic rings. The largest absolute Gasteiger partial charge is 0.493 e. The molecule has 0 aliphatic heterocycles. The van der Waals surface area contributed by atoms with Gasteiger partial charge < -0.3 is 19.2 Å². The van der Waals surface area contributed by atoms with Crippen molar-refractivity contribution in [3.05, 3.63) is 40.8 Å². The Morgan fingerprint density at radius 2 is 2.00 bits per heavy atom. The Morgan fingerprint density at radius 1 is 1.24 bits per heavy atom. The first-order valence-electron chi connectivity index (χ1n) is 6.97. The molecule has 1 aromatic heterocycles. The second kappa shape index (κ2) is 5.90. The lowest BCUT2D eigenvalue weighted by molar-refractivity contribution is 0.355. The quantitative estimate of drug-likeness (QED) is 0.907. The molecule has 0 fully saturated rings. The van der Waals surface area contributed by atoms with E-state index < -0.39 is 0 Å². The van der Waals surface area contributed by atoms with Gasteiger partial charge in [0.2, 0.25) is 0 Å². The van der Waals surface area contributed by atoms with Crippen LogP contribution in [0.15, 0.2) is 28.9 Å². The van der Waals surface area contributed by atoms with Gasteiger partial charge in [0.1, 0.15) is 5.76 Å². The van der Waals surface area contributed by atoms with Crippen LogP contribution in [-0.4, -0.2) is 14.2 Å². The molecule has 0 spiro atoms. The first kappa shape index (κ1) is 14.1. The van der Waals surface area contributed by atoms with Crippen LogP contribution in [0.1, 0.15) is 30.2 Å². The van der Waals surface area contributed by atoms with Crippen LogP contribution in [0, 0.1) is 0 Å². The Hall–Kier alpha value is -1.81. The SMILES string of the molecule is COc1cc(Cl)c(NC2CCCc3occc32)cc1OC. The number of hydrogen-bond acceptors (Lipinski definition) is 4. The fourth-order valence-electron chi connectivity index (χ4n) is 2.79. The normalized spacial score (nSPS) is 17.2. The Balaban J connectivity index is 1.89. The van der Waals surface area contributed by atoms with E-state index >= 15 is 0 Å². The molecule has 1 N–H and O–H groups in total. The number of anilines is 1. The fraction of sp³-hybridized carbons (Fsp3) is 0.375. The van der Waals surface area contributed by atoms with Crippen molar-refractivity contribution in [2.45, 2.75) is 25.3 Å². The highest BCUT2D eigenvalue weighted by Gasteiger charge is 2.23. The molecule has 0 saturated carbocycles. The topological polar surface area (TPSA) is 43.6 Å². The molecule has 2 aromatic rings. The van der Waals surface area contributed by atoms with E-state index in [0.717, 1.165) is 30.7 Å². The van der Waals surface area contributed by atoms with Crippen molar-refractivity contribution in [3.8, 4) is 11.5 Å². The highest BCUT2D eigenvalue weighted by Crippen LogP contribution is 2.39. The third kappa shape index (κ3) is 2.68. The van der Waals surface area contributed by atoms with Gasteiger partial charge in [0.15, 0.2) is 11.5 Å². The van der Waals surface area contributed by atoms with Gasteiger partial charge in [-0.05, 0) is 18.9 Å². The van der Waals surface area contributed by atoms with Gasteiger partial charge in [-0.2, -0.15) is 0 Å². The molecule has 112 valence electrons. The zero-order valence-corrected chi connectivity index (χ0v) is 12.9. The summed E-state index contributed by atoms with van der Waals surface area (Å²) in [6.07, 6.45) is 4.90. The number of hydrogen-bond donors (Lipinski definition) is 1. The molecule has 0 bridgehead atoms. The first-order chi connectivity index (χ1) is 10.2. The summed E-state index contributed by atoms with van der Waals surface area (Å²) in [6.45, 7) is 0. The van der Waals surface area contributed by atoms with Crippen LogP contribution < -0.4 is 14.8 Å². The summed E-state index contributed by atoms with van der Waals surface area (Å²) in [5.41, 5.74) is 2.06. The summed E-state index contributed by atoms with van der Waals surface area (Å²) < 4.78 is 16.1. The number of aryl methyl sites for hydroxylation is 1. The molecule has 0 radical (unpaired) electrons. The van der Waals surface area contributed by atoms with Crippen molar-refractivity contribution >= 4 is 17.3 Å². The number of ether oxygens (including phenoxy) is 2. The zero-order chi connectivity index (χ0) is 14.8. The molecular formula is C16H18ClNO3. The summed E-state index contributed by atoms with van der Waals surface area (Å²) in [4.78, 5) is 0. The first-order valence-corrected chi connectivity index (χ1v) is 7.35. The van der Waals surface area contributed by atoms with Crippen LogP contribution in [0.25, 0.3) is 0 Å². The maximum Gasteiger partial charge on any atom is 0.162 e. The number of methoxy groups -OCH3 is 2. The standard InChI is InChI=1S/C16H18ClNO3/c1-19-15-8-11(17)13(9-16(15)20-2)18-12-4-3-5-14-10(12)6-7-21-14/h6-9,12,18H,3-5H2,1-2H3. The smallest absolute Gasteiger partial charge is 0.162 e. The van der Waals surface area contributed by atoms with Crippen molar-refractivity contribution in [2.24, 2.45) is 0 Å². The maximum absolute atomic E-state index is 6.34. The lowest BCUT2D eigenvalue weighted by Crippen LogP contribution is -2.16. The van der Waals surface area contributed by atoms with Gasteiger partial charge in [-0.3, -0.25) is 0 Å². The van der Waals surface area contributed by atoms with Crippen molar-refractivity contribution in [3.63, 3.8) is 0 Å². The van der Waals surface area contributed by atoms with Gasteiger partial charge in [0.05, 0.1) is 37.2 Å². The summed E-state index contributed by atoms with van der Waals surface area (Å²) in [7, 11) is 3.21. The molecule has 21 heavy (non-hydrogen) atoms. The fourth-order valence-corrected chi connectivity index (χ4v) is 3.00. The molecule has 0 amide bonds. The summed E-state index contributed by atoms with van der Waals surface area (Å²) in [6, 6.07) is 5.88. The van der Waals surface area contributed by atoms with Crippen molar-refractivity contribution in [2.75, 3.05) is 19.5 Å². The van der Waals surface area contributed by atoms with Gasteiger partial charge in [-0.15, -0.1) is 0 Å². The Labute approximate surface area is 129 Å². The molecular weight excluding hydrogens is 290 g/mol. The summed E-state index contributed by atoms with van der Waals surface area (Å²) in [5.74, 6) is 2.35. The zero-order valence-electron chi connectivity index (χ0n) is 12.1. The number of nitrogens with one attached hydrogen (secondary N) is 1. The average molecular weight is 308 g/mol. The van der Waals surface area contributed by atoms with Crippen molar-refractivity contribution in [1.82, 2.24) is 0 Å². The van der Waals surface area contributed by atoms with Gasteiger partial charge in [0.25, 0.3) is 0 Å². The molecule has 0 saturated heterocycles. The van der Waals surface area contributed by atoms with Crippen molar-refractivity contribution in [1.29, 1.82) is 0 Å². The van der Waals surface area contributed by atoms with Gasteiger partial charge in [-0.25, -0.2) is 0 Å². The van der Waals surface area contributed by atoms with E-state index in [-0.39, 0.29) is 6.04 Å². The minimum atomic E-state index is 0.211. The highest BCUT2D eigenvalue weighted by molar-refractivity contribution is 6.33. The van der Waals surface area contributed by atoms with E-state index in [4.69, 9.17) is 25.5 Å². The average Bonchev–Trinajstić information content (AvgIpc) is 2.98. The maximum atomic E-state index is 6.34. The molecule has 1 aromatic carbocycles. The van der Waals surface area contributed by atoms with Crippen molar-refractivity contribution < 1.29 is 13.9 Å². The van der Waals surface area contributed by atoms with Crippen LogP contribution in [0.5, 0.6) is 11.5 Å². The molecule has 1 aliphatic carbocycles. The van der Waals surface area contributed by atoms with Crippen LogP contribution in [-0.2, 0) is 6.42 Å². The minimum absolute atomic E-state index is 0.211. The second-order valence-electron chi connectivity index (χ2n) is 5.08. The number of fused-ring (bicyclic) bond motifs is 1. The third-order valence-corrected chi connectivity index (χ3v) is 4.17. The Morgan fingerprint density at radius 3 is 2.76 bits per heavy atom. The van der Waals surface area contributed by atoms with E-state index in [0.29, 0.717) is 16.5 Å². The number of rotatable bonds is 4. The summed E-state index contributed by atoms with van der Waals surface area (Å²) >= 11 is 6.34.